The molecule has 1 fully saturated rings. The Morgan fingerprint density at radius 1 is 1.18 bits per heavy atom. The summed E-state index contributed by atoms with van der Waals surface area (Å²) in [6.45, 7) is 5.65. The molecule has 0 saturated carbocycles. The zero-order valence-electron chi connectivity index (χ0n) is 10.5. The Hall–Kier alpha value is -1.51. The van der Waals surface area contributed by atoms with E-state index in [0.717, 1.165) is 24.5 Å². The smallest absolute Gasteiger partial charge is 0.142 e. The molecule has 0 amide bonds. The molecule has 1 saturated heterocycles. The third-order valence-corrected chi connectivity index (χ3v) is 2.89. The number of piperidine rings is 1. The minimum atomic E-state index is 0.169. The fraction of sp³-hybridized carbons (Fsp3) is 0.500. The number of ketones is 1. The number of ether oxygens (including phenoxy) is 1. The third kappa shape index (κ3) is 2.99. The first kappa shape index (κ1) is 12.0. The maximum Gasteiger partial charge on any atom is 0.142 e. The first-order chi connectivity index (χ1) is 8.16. The Bertz CT molecular complexity index is 391. The van der Waals surface area contributed by atoms with Gasteiger partial charge in [-0.05, 0) is 26.0 Å². The molecule has 0 aliphatic carbocycles. The average molecular weight is 233 g/mol. The van der Waals surface area contributed by atoms with Crippen LogP contribution in [0.5, 0.6) is 5.75 Å². The van der Waals surface area contributed by atoms with E-state index in [0.29, 0.717) is 18.6 Å². The second-order valence-corrected chi connectivity index (χ2v) is 4.66. The molecule has 2 rings (SSSR count). The first-order valence-electron chi connectivity index (χ1n) is 6.19. The van der Waals surface area contributed by atoms with Gasteiger partial charge in [-0.25, -0.2) is 0 Å². The SMILES string of the molecule is CC(C)Oc1ccccc1N1CCC(=O)CC1. The van der Waals surface area contributed by atoms with Crippen molar-refractivity contribution < 1.29 is 9.53 Å². The minimum Gasteiger partial charge on any atom is -0.489 e. The van der Waals surface area contributed by atoms with Crippen molar-refractivity contribution in [3.63, 3.8) is 0 Å². The van der Waals surface area contributed by atoms with Gasteiger partial charge in [0.2, 0.25) is 0 Å². The van der Waals surface area contributed by atoms with Crippen LogP contribution in [-0.4, -0.2) is 25.0 Å². The highest BCUT2D eigenvalue weighted by Crippen LogP contribution is 2.30. The molecule has 0 atom stereocenters. The highest BCUT2D eigenvalue weighted by atomic mass is 16.5. The molecule has 17 heavy (non-hydrogen) atoms. The molecule has 92 valence electrons. The summed E-state index contributed by atoms with van der Waals surface area (Å²) < 4.78 is 5.80. The molecule has 0 unspecified atom stereocenters. The summed E-state index contributed by atoms with van der Waals surface area (Å²) in [6, 6.07) is 8.05. The van der Waals surface area contributed by atoms with E-state index >= 15 is 0 Å². The molecular formula is C14H19NO2. The number of benzene rings is 1. The van der Waals surface area contributed by atoms with Crippen molar-refractivity contribution in [3.8, 4) is 5.75 Å². The zero-order valence-corrected chi connectivity index (χ0v) is 10.5. The number of anilines is 1. The lowest BCUT2D eigenvalue weighted by atomic mass is 10.1. The van der Waals surface area contributed by atoms with E-state index in [9.17, 15) is 4.79 Å². The molecule has 0 bridgehead atoms. The van der Waals surface area contributed by atoms with Crippen LogP contribution in [0.3, 0.4) is 0 Å². The number of carbonyl (C=O) groups is 1. The molecule has 0 N–H and O–H groups in total. The number of Topliss-reactive ketones (excluding diaryl/α,β-unsaturated/α-hetero) is 1. The van der Waals surface area contributed by atoms with Gasteiger partial charge < -0.3 is 9.64 Å². The van der Waals surface area contributed by atoms with Gasteiger partial charge in [-0.2, -0.15) is 0 Å². The first-order valence-corrected chi connectivity index (χ1v) is 6.19. The van der Waals surface area contributed by atoms with E-state index in [1.165, 1.54) is 0 Å². The standard InChI is InChI=1S/C14H19NO2/c1-11(2)17-14-6-4-3-5-13(14)15-9-7-12(16)8-10-15/h3-6,11H,7-10H2,1-2H3. The van der Waals surface area contributed by atoms with Crippen molar-refractivity contribution in [2.75, 3.05) is 18.0 Å². The Balaban J connectivity index is 2.16. The summed E-state index contributed by atoms with van der Waals surface area (Å²) in [6.07, 6.45) is 1.47. The predicted molar refractivity (Wildman–Crippen MR) is 68.7 cm³/mol. The van der Waals surface area contributed by atoms with Gasteiger partial charge in [-0.1, -0.05) is 12.1 Å². The van der Waals surface area contributed by atoms with Crippen LogP contribution in [0.2, 0.25) is 0 Å². The number of nitrogens with zero attached hydrogens (tertiary/aromatic N) is 1. The number of hydrogen-bond donors (Lipinski definition) is 0. The van der Waals surface area contributed by atoms with Crippen molar-refractivity contribution in [2.24, 2.45) is 0 Å². The van der Waals surface area contributed by atoms with E-state index in [4.69, 9.17) is 4.74 Å². The second kappa shape index (κ2) is 5.21. The molecule has 3 heteroatoms. The number of rotatable bonds is 3. The van der Waals surface area contributed by atoms with Crippen LogP contribution in [-0.2, 0) is 4.79 Å². The predicted octanol–water partition coefficient (Wildman–Crippen LogP) is 2.64. The number of carbonyl (C=O) groups excluding carboxylic acids is 1. The zero-order chi connectivity index (χ0) is 12.3. The summed E-state index contributed by atoms with van der Waals surface area (Å²) in [5.74, 6) is 1.28. The van der Waals surface area contributed by atoms with Gasteiger partial charge in [0, 0.05) is 25.9 Å². The van der Waals surface area contributed by atoms with E-state index < -0.39 is 0 Å². The highest BCUT2D eigenvalue weighted by molar-refractivity contribution is 5.81. The topological polar surface area (TPSA) is 29.5 Å². The summed E-state index contributed by atoms with van der Waals surface area (Å²) in [5, 5.41) is 0. The van der Waals surface area contributed by atoms with Crippen LogP contribution >= 0.6 is 0 Å². The Labute approximate surface area is 102 Å². The van der Waals surface area contributed by atoms with Gasteiger partial charge in [-0.3, -0.25) is 4.79 Å². The lowest BCUT2D eigenvalue weighted by Gasteiger charge is -2.30. The molecule has 1 aliphatic heterocycles. The minimum absolute atomic E-state index is 0.169. The summed E-state index contributed by atoms with van der Waals surface area (Å²) in [7, 11) is 0. The quantitative estimate of drug-likeness (QED) is 0.803. The molecule has 1 heterocycles. The maximum absolute atomic E-state index is 11.2. The molecule has 1 aliphatic rings. The highest BCUT2D eigenvalue weighted by Gasteiger charge is 2.19. The van der Waals surface area contributed by atoms with Crippen molar-refractivity contribution >= 4 is 11.5 Å². The Morgan fingerprint density at radius 2 is 1.82 bits per heavy atom. The summed E-state index contributed by atoms with van der Waals surface area (Å²) in [4.78, 5) is 13.5. The van der Waals surface area contributed by atoms with Gasteiger partial charge in [0.1, 0.15) is 11.5 Å². The van der Waals surface area contributed by atoms with Gasteiger partial charge >= 0.3 is 0 Å². The largest absolute Gasteiger partial charge is 0.489 e. The van der Waals surface area contributed by atoms with Crippen LogP contribution in [0.1, 0.15) is 26.7 Å². The lowest BCUT2D eigenvalue weighted by molar-refractivity contribution is -0.119. The fourth-order valence-electron chi connectivity index (χ4n) is 2.07. The normalized spacial score (nSPS) is 16.4. The van der Waals surface area contributed by atoms with Gasteiger partial charge in [-0.15, -0.1) is 0 Å². The monoisotopic (exact) mass is 233 g/mol. The van der Waals surface area contributed by atoms with E-state index in [1.54, 1.807) is 0 Å². The van der Waals surface area contributed by atoms with Crippen LogP contribution in [0.25, 0.3) is 0 Å². The maximum atomic E-state index is 11.2. The summed E-state index contributed by atoms with van der Waals surface area (Å²) in [5.41, 5.74) is 1.11. The van der Waals surface area contributed by atoms with E-state index in [2.05, 4.69) is 11.0 Å². The van der Waals surface area contributed by atoms with Crippen LogP contribution in [0, 0.1) is 0 Å². The summed E-state index contributed by atoms with van der Waals surface area (Å²) >= 11 is 0. The molecule has 0 spiro atoms. The van der Waals surface area contributed by atoms with E-state index in [1.807, 2.05) is 32.0 Å². The van der Waals surface area contributed by atoms with Crippen molar-refractivity contribution in [2.45, 2.75) is 32.8 Å². The van der Waals surface area contributed by atoms with Crippen molar-refractivity contribution in [1.82, 2.24) is 0 Å². The number of hydrogen-bond acceptors (Lipinski definition) is 3. The van der Waals surface area contributed by atoms with Crippen LogP contribution in [0.4, 0.5) is 5.69 Å². The molecular weight excluding hydrogens is 214 g/mol. The van der Waals surface area contributed by atoms with Crippen LogP contribution < -0.4 is 9.64 Å². The second-order valence-electron chi connectivity index (χ2n) is 4.66. The van der Waals surface area contributed by atoms with Gasteiger partial charge in [0.05, 0.1) is 11.8 Å². The molecule has 0 radical (unpaired) electrons. The van der Waals surface area contributed by atoms with Crippen molar-refractivity contribution in [1.29, 1.82) is 0 Å². The molecule has 3 nitrogen and oxygen atoms in total. The molecule has 0 aromatic heterocycles. The Morgan fingerprint density at radius 3 is 2.47 bits per heavy atom. The lowest BCUT2D eigenvalue weighted by Crippen LogP contribution is -2.34. The van der Waals surface area contributed by atoms with E-state index in [-0.39, 0.29) is 6.10 Å². The van der Waals surface area contributed by atoms with Gasteiger partial charge in [0.15, 0.2) is 0 Å². The molecule has 1 aromatic rings. The average Bonchev–Trinajstić information content (AvgIpc) is 2.30. The Kier molecular flexibility index (Phi) is 3.67. The van der Waals surface area contributed by atoms with Crippen molar-refractivity contribution in [3.05, 3.63) is 24.3 Å². The van der Waals surface area contributed by atoms with Gasteiger partial charge in [0.25, 0.3) is 0 Å². The number of para-hydroxylation sites is 2. The molecule has 1 aromatic carbocycles. The third-order valence-electron chi connectivity index (χ3n) is 2.89. The van der Waals surface area contributed by atoms with Crippen LogP contribution in [0.15, 0.2) is 24.3 Å². The fourth-order valence-corrected chi connectivity index (χ4v) is 2.07.